The summed E-state index contributed by atoms with van der Waals surface area (Å²) in [6.45, 7) is 0. The SMILES string of the molecule is O=C(C=C(O)c1cc(Cc2ccncc2)[nH]n1)c1nn[nH]n1. The number of rotatable bonds is 5. The summed E-state index contributed by atoms with van der Waals surface area (Å²) in [7, 11) is 0. The molecule has 0 radical (unpaired) electrons. The van der Waals surface area contributed by atoms with Crippen molar-refractivity contribution >= 4 is 11.5 Å². The Morgan fingerprint density at radius 1 is 1.27 bits per heavy atom. The van der Waals surface area contributed by atoms with Gasteiger partial charge < -0.3 is 5.11 Å². The van der Waals surface area contributed by atoms with E-state index in [4.69, 9.17) is 0 Å². The minimum Gasteiger partial charge on any atom is -0.505 e. The van der Waals surface area contributed by atoms with Crippen LogP contribution in [0.1, 0.15) is 27.6 Å². The second-order valence-corrected chi connectivity index (χ2v) is 4.44. The molecule has 3 aromatic heterocycles. The third-order valence-electron chi connectivity index (χ3n) is 2.87. The molecule has 3 heterocycles. The highest BCUT2D eigenvalue weighted by molar-refractivity contribution is 6.04. The summed E-state index contributed by atoms with van der Waals surface area (Å²) < 4.78 is 0. The molecule has 0 saturated carbocycles. The molecule has 0 amide bonds. The van der Waals surface area contributed by atoms with Crippen molar-refractivity contribution in [3.05, 3.63) is 59.4 Å². The van der Waals surface area contributed by atoms with Crippen LogP contribution in [0.15, 0.2) is 36.7 Å². The van der Waals surface area contributed by atoms with Crippen LogP contribution in [-0.2, 0) is 6.42 Å². The maximum atomic E-state index is 11.7. The molecular weight excluding hydrogens is 286 g/mol. The van der Waals surface area contributed by atoms with E-state index in [0.29, 0.717) is 6.42 Å². The summed E-state index contributed by atoms with van der Waals surface area (Å²) in [4.78, 5) is 15.7. The number of H-pyrrole nitrogens is 2. The number of allylic oxidation sites excluding steroid dienone is 1. The number of aromatic nitrogens is 7. The highest BCUT2D eigenvalue weighted by Crippen LogP contribution is 2.13. The first-order valence-corrected chi connectivity index (χ1v) is 6.34. The number of hydrogen-bond acceptors (Lipinski definition) is 7. The zero-order valence-corrected chi connectivity index (χ0v) is 11.3. The van der Waals surface area contributed by atoms with Gasteiger partial charge in [-0.05, 0) is 29.0 Å². The molecule has 0 atom stereocenters. The van der Waals surface area contributed by atoms with E-state index in [0.717, 1.165) is 17.3 Å². The lowest BCUT2D eigenvalue weighted by molar-refractivity contribution is 0.103. The monoisotopic (exact) mass is 297 g/mol. The lowest BCUT2D eigenvalue weighted by Crippen LogP contribution is -1.99. The predicted octanol–water partition coefficient (Wildman–Crippen LogP) is 0.690. The molecule has 0 aliphatic rings. The Hall–Kier alpha value is -3.36. The van der Waals surface area contributed by atoms with Crippen molar-refractivity contribution in [2.24, 2.45) is 0 Å². The van der Waals surface area contributed by atoms with Gasteiger partial charge in [0.15, 0.2) is 0 Å². The Kier molecular flexibility index (Phi) is 3.69. The van der Waals surface area contributed by atoms with Crippen LogP contribution in [0.4, 0.5) is 0 Å². The number of carbonyl (C=O) groups excluding carboxylic acids is 1. The standard InChI is InChI=1S/C13H11N7O2/c21-11(7-12(22)13-17-19-20-18-13)10-6-9(15-16-10)5-8-1-3-14-4-2-8/h1-4,6-7,21H,5H2,(H,15,16)(H,17,18,19,20). The first-order chi connectivity index (χ1) is 10.7. The van der Waals surface area contributed by atoms with Gasteiger partial charge in [-0.3, -0.25) is 14.9 Å². The average molecular weight is 297 g/mol. The molecule has 3 rings (SSSR count). The van der Waals surface area contributed by atoms with Crippen LogP contribution in [0, 0.1) is 0 Å². The van der Waals surface area contributed by atoms with Gasteiger partial charge in [-0.25, -0.2) is 0 Å². The maximum absolute atomic E-state index is 11.7. The molecule has 0 aromatic carbocycles. The zero-order chi connectivity index (χ0) is 15.4. The Bertz CT molecular complexity index is 793. The fourth-order valence-corrected chi connectivity index (χ4v) is 1.83. The van der Waals surface area contributed by atoms with Crippen LogP contribution in [0.5, 0.6) is 0 Å². The van der Waals surface area contributed by atoms with Gasteiger partial charge in [-0.2, -0.15) is 10.3 Å². The fraction of sp³-hybridized carbons (Fsp3) is 0.0769. The van der Waals surface area contributed by atoms with Crippen LogP contribution < -0.4 is 0 Å². The van der Waals surface area contributed by atoms with Crippen LogP contribution in [-0.4, -0.2) is 46.7 Å². The van der Waals surface area contributed by atoms with Gasteiger partial charge in [0.2, 0.25) is 11.6 Å². The number of aliphatic hydroxyl groups excluding tert-OH is 1. The van der Waals surface area contributed by atoms with Crippen molar-refractivity contribution in [2.45, 2.75) is 6.42 Å². The van der Waals surface area contributed by atoms with Gasteiger partial charge in [0.1, 0.15) is 11.5 Å². The van der Waals surface area contributed by atoms with Gasteiger partial charge in [-0.1, -0.05) is 0 Å². The molecule has 22 heavy (non-hydrogen) atoms. The van der Waals surface area contributed by atoms with E-state index in [9.17, 15) is 9.90 Å². The van der Waals surface area contributed by atoms with E-state index in [1.807, 2.05) is 12.1 Å². The Morgan fingerprint density at radius 2 is 2.09 bits per heavy atom. The van der Waals surface area contributed by atoms with Gasteiger partial charge in [-0.15, -0.1) is 10.2 Å². The lowest BCUT2D eigenvalue weighted by Gasteiger charge is -1.96. The van der Waals surface area contributed by atoms with E-state index in [1.54, 1.807) is 18.5 Å². The Morgan fingerprint density at radius 3 is 2.82 bits per heavy atom. The number of aliphatic hydroxyl groups is 1. The molecule has 0 saturated heterocycles. The van der Waals surface area contributed by atoms with Gasteiger partial charge in [0, 0.05) is 30.6 Å². The second kappa shape index (κ2) is 5.95. The quantitative estimate of drug-likeness (QED) is 0.358. The smallest absolute Gasteiger partial charge is 0.244 e. The second-order valence-electron chi connectivity index (χ2n) is 4.44. The van der Waals surface area contributed by atoms with E-state index in [2.05, 4.69) is 35.8 Å². The zero-order valence-electron chi connectivity index (χ0n) is 11.3. The lowest BCUT2D eigenvalue weighted by atomic mass is 10.1. The van der Waals surface area contributed by atoms with Gasteiger partial charge >= 0.3 is 0 Å². The highest BCUT2D eigenvalue weighted by Gasteiger charge is 2.12. The minimum atomic E-state index is -0.565. The van der Waals surface area contributed by atoms with Gasteiger partial charge in [0.05, 0.1) is 0 Å². The molecule has 110 valence electrons. The van der Waals surface area contributed by atoms with Crippen LogP contribution in [0.25, 0.3) is 5.76 Å². The minimum absolute atomic E-state index is 0.126. The number of ketones is 1. The molecule has 0 spiro atoms. The van der Waals surface area contributed by atoms with Crippen molar-refractivity contribution in [2.75, 3.05) is 0 Å². The maximum Gasteiger partial charge on any atom is 0.244 e. The van der Waals surface area contributed by atoms with Crippen molar-refractivity contribution < 1.29 is 9.90 Å². The molecule has 0 fully saturated rings. The summed E-state index contributed by atoms with van der Waals surface area (Å²) in [6, 6.07) is 5.43. The number of carbonyl (C=O) groups is 1. The average Bonchev–Trinajstić information content (AvgIpc) is 3.19. The van der Waals surface area contributed by atoms with E-state index in [-0.39, 0.29) is 17.3 Å². The molecule has 3 N–H and O–H groups in total. The number of hydrogen-bond donors (Lipinski definition) is 3. The third-order valence-corrected chi connectivity index (χ3v) is 2.87. The third kappa shape index (κ3) is 3.03. The Labute approximate surface area is 124 Å². The summed E-state index contributed by atoms with van der Waals surface area (Å²) in [5.41, 5.74) is 2.12. The normalized spacial score (nSPS) is 11.5. The molecule has 3 aromatic rings. The van der Waals surface area contributed by atoms with Crippen molar-refractivity contribution in [1.29, 1.82) is 0 Å². The topological polar surface area (TPSA) is 133 Å². The summed E-state index contributed by atoms with van der Waals surface area (Å²) in [6.07, 6.45) is 5.01. The number of tetrazole rings is 1. The first kappa shape index (κ1) is 13.6. The molecule has 0 aliphatic heterocycles. The van der Waals surface area contributed by atoms with Crippen molar-refractivity contribution in [3.63, 3.8) is 0 Å². The number of nitrogens with one attached hydrogen (secondary N) is 2. The van der Waals surface area contributed by atoms with E-state index < -0.39 is 5.78 Å². The van der Waals surface area contributed by atoms with Crippen LogP contribution >= 0.6 is 0 Å². The van der Waals surface area contributed by atoms with Crippen molar-refractivity contribution in [1.82, 2.24) is 35.8 Å². The molecule has 9 heteroatoms. The molecular formula is C13H11N7O2. The number of aromatic amines is 2. The summed E-state index contributed by atoms with van der Waals surface area (Å²) >= 11 is 0. The molecule has 0 aliphatic carbocycles. The first-order valence-electron chi connectivity index (χ1n) is 6.34. The van der Waals surface area contributed by atoms with Crippen molar-refractivity contribution in [3.8, 4) is 0 Å². The predicted molar refractivity (Wildman–Crippen MR) is 74.7 cm³/mol. The fourth-order valence-electron chi connectivity index (χ4n) is 1.83. The largest absolute Gasteiger partial charge is 0.505 e. The van der Waals surface area contributed by atoms with E-state index in [1.165, 1.54) is 0 Å². The molecule has 0 unspecified atom stereocenters. The summed E-state index contributed by atoms with van der Waals surface area (Å²) in [5, 5.41) is 29.2. The molecule has 9 nitrogen and oxygen atoms in total. The Balaban J connectivity index is 1.74. The van der Waals surface area contributed by atoms with Crippen LogP contribution in [0.3, 0.4) is 0 Å². The van der Waals surface area contributed by atoms with E-state index >= 15 is 0 Å². The number of nitrogens with zero attached hydrogens (tertiary/aromatic N) is 5. The van der Waals surface area contributed by atoms with Gasteiger partial charge in [0.25, 0.3) is 0 Å². The number of pyridine rings is 1. The molecule has 0 bridgehead atoms. The van der Waals surface area contributed by atoms with Crippen LogP contribution in [0.2, 0.25) is 0 Å². The summed E-state index contributed by atoms with van der Waals surface area (Å²) in [5.74, 6) is -0.962. The highest BCUT2D eigenvalue weighted by atomic mass is 16.3.